The maximum absolute atomic E-state index is 11.5. The van der Waals surface area contributed by atoms with Gasteiger partial charge in [-0.15, -0.1) is 58.8 Å². The maximum Gasteiger partial charge on any atom is 0.199 e. The molecule has 0 bridgehead atoms. The van der Waals surface area contributed by atoms with Gasteiger partial charge in [-0.25, -0.2) is 0 Å². The minimum absolute atomic E-state index is 0.237. The van der Waals surface area contributed by atoms with Gasteiger partial charge < -0.3 is 5.11 Å². The van der Waals surface area contributed by atoms with E-state index in [1.165, 1.54) is 11.8 Å². The van der Waals surface area contributed by atoms with Gasteiger partial charge in [0.15, 0.2) is 5.12 Å². The lowest BCUT2D eigenvalue weighted by Gasteiger charge is -2.02. The van der Waals surface area contributed by atoms with Crippen molar-refractivity contribution in [2.24, 2.45) is 0 Å². The van der Waals surface area contributed by atoms with Crippen LogP contribution in [0.15, 0.2) is 0 Å². The van der Waals surface area contributed by atoms with E-state index in [4.69, 9.17) is 5.11 Å². The van der Waals surface area contributed by atoms with Gasteiger partial charge in [0.1, 0.15) is 0 Å². The van der Waals surface area contributed by atoms with Crippen LogP contribution >= 0.6 is 82.3 Å². The highest BCUT2D eigenvalue weighted by Crippen LogP contribution is 2.22. The van der Waals surface area contributed by atoms with Crippen LogP contribution in [-0.2, 0) is 4.79 Å². The molecular formula is C10H20O2S7. The Kier molecular flexibility index (Phi) is 20.1. The van der Waals surface area contributed by atoms with E-state index in [-0.39, 0.29) is 11.7 Å². The van der Waals surface area contributed by atoms with E-state index in [1.807, 2.05) is 35.3 Å². The molecule has 0 aromatic rings. The first-order valence-corrected chi connectivity index (χ1v) is 13.6. The predicted octanol–water partition coefficient (Wildman–Crippen LogP) is 4.06. The molecule has 19 heavy (non-hydrogen) atoms. The third kappa shape index (κ3) is 18.0. The summed E-state index contributed by atoms with van der Waals surface area (Å²) >= 11 is 12.3. The van der Waals surface area contributed by atoms with Crippen LogP contribution in [0.2, 0.25) is 0 Å². The first-order valence-electron chi connectivity index (χ1n) is 5.45. The Hall–Kier alpha value is 2.08. The van der Waals surface area contributed by atoms with E-state index in [0.717, 1.165) is 31.2 Å². The molecule has 0 rings (SSSR count). The molecule has 9 heteroatoms. The molecule has 0 atom stereocenters. The summed E-state index contributed by atoms with van der Waals surface area (Å²) in [6, 6.07) is 0. The van der Waals surface area contributed by atoms with Gasteiger partial charge in [-0.1, -0.05) is 11.8 Å². The lowest BCUT2D eigenvalue weighted by molar-refractivity contribution is -0.108. The highest BCUT2D eigenvalue weighted by Gasteiger charge is 2.03. The molecule has 0 aromatic carbocycles. The SMILES string of the molecule is CSCSCSCSCC(=O)SCSCSCCO. The summed E-state index contributed by atoms with van der Waals surface area (Å²) in [5.41, 5.74) is 0. The van der Waals surface area contributed by atoms with E-state index < -0.39 is 0 Å². The van der Waals surface area contributed by atoms with Gasteiger partial charge in [-0.2, -0.15) is 11.8 Å². The average Bonchev–Trinajstić information content (AvgIpc) is 2.41. The minimum Gasteiger partial charge on any atom is -0.396 e. The smallest absolute Gasteiger partial charge is 0.199 e. The summed E-state index contributed by atoms with van der Waals surface area (Å²) in [4.78, 5) is 11.5. The van der Waals surface area contributed by atoms with Crippen LogP contribution in [0.4, 0.5) is 0 Å². The van der Waals surface area contributed by atoms with Crippen molar-refractivity contribution < 1.29 is 9.90 Å². The summed E-state index contributed by atoms with van der Waals surface area (Å²) in [5.74, 6) is 1.41. The third-order valence-corrected chi connectivity index (χ3v) is 9.79. The zero-order chi connectivity index (χ0) is 14.2. The molecule has 0 spiro atoms. The lowest BCUT2D eigenvalue weighted by atomic mass is 10.9. The topological polar surface area (TPSA) is 37.3 Å². The molecule has 2 nitrogen and oxygen atoms in total. The van der Waals surface area contributed by atoms with Crippen molar-refractivity contribution in [2.75, 3.05) is 49.8 Å². The summed E-state index contributed by atoms with van der Waals surface area (Å²) in [6.07, 6.45) is 2.11. The summed E-state index contributed by atoms with van der Waals surface area (Å²) in [6.45, 7) is 0.237. The molecule has 0 aliphatic carbocycles. The quantitative estimate of drug-likeness (QED) is 0.345. The second-order valence-corrected chi connectivity index (χ2v) is 11.8. The minimum atomic E-state index is 0.237. The van der Waals surface area contributed by atoms with Crippen LogP contribution in [0.25, 0.3) is 0 Å². The number of aliphatic hydroxyl groups excluding tert-OH is 1. The molecule has 1 N–H and O–H groups in total. The number of rotatable bonds is 14. The zero-order valence-electron chi connectivity index (χ0n) is 10.9. The summed E-state index contributed by atoms with van der Waals surface area (Å²) in [7, 11) is 0. The number of carbonyl (C=O) groups is 1. The second kappa shape index (κ2) is 18.1. The Balaban J connectivity index is 3.13. The molecule has 0 fully saturated rings. The van der Waals surface area contributed by atoms with Crippen LogP contribution in [0, 0.1) is 0 Å². The fourth-order valence-corrected chi connectivity index (χ4v) is 8.04. The lowest BCUT2D eigenvalue weighted by Crippen LogP contribution is -1.96. The molecule has 0 saturated carbocycles. The molecular weight excluding hydrogens is 377 g/mol. The number of thioether (sulfide) groups is 7. The Labute approximate surface area is 146 Å². The van der Waals surface area contributed by atoms with Crippen LogP contribution in [0.1, 0.15) is 0 Å². The second-order valence-electron chi connectivity index (χ2n) is 2.99. The zero-order valence-corrected chi connectivity index (χ0v) is 16.6. The largest absolute Gasteiger partial charge is 0.396 e. The Morgan fingerprint density at radius 1 is 0.895 bits per heavy atom. The highest BCUT2D eigenvalue weighted by atomic mass is 32.3. The summed E-state index contributed by atoms with van der Waals surface area (Å²) < 4.78 is 0. The number of hydrogen-bond acceptors (Lipinski definition) is 9. The predicted molar refractivity (Wildman–Crippen MR) is 105 cm³/mol. The Bertz CT molecular complexity index is 206. The highest BCUT2D eigenvalue weighted by molar-refractivity contribution is 8.29. The molecule has 0 heterocycles. The van der Waals surface area contributed by atoms with E-state index in [0.29, 0.717) is 5.75 Å². The number of carbonyl (C=O) groups excluding carboxylic acids is 1. The van der Waals surface area contributed by atoms with E-state index >= 15 is 0 Å². The molecule has 114 valence electrons. The Morgan fingerprint density at radius 2 is 1.53 bits per heavy atom. The van der Waals surface area contributed by atoms with Crippen LogP contribution in [0.3, 0.4) is 0 Å². The fraction of sp³-hybridized carbons (Fsp3) is 0.900. The third-order valence-electron chi connectivity index (χ3n) is 1.46. The molecule has 0 aliphatic heterocycles. The van der Waals surface area contributed by atoms with Crippen molar-refractivity contribution in [3.63, 3.8) is 0 Å². The van der Waals surface area contributed by atoms with Crippen LogP contribution < -0.4 is 0 Å². The van der Waals surface area contributed by atoms with Crippen LogP contribution in [-0.4, -0.2) is 60.0 Å². The molecule has 0 unspecified atom stereocenters. The van der Waals surface area contributed by atoms with Crippen molar-refractivity contribution in [3.8, 4) is 0 Å². The average molecular weight is 397 g/mol. The van der Waals surface area contributed by atoms with Crippen molar-refractivity contribution >= 4 is 87.4 Å². The van der Waals surface area contributed by atoms with Gasteiger partial charge in [-0.3, -0.25) is 4.79 Å². The Morgan fingerprint density at radius 3 is 2.26 bits per heavy atom. The normalized spacial score (nSPS) is 10.8. The molecule has 0 aromatic heterocycles. The fourth-order valence-electron chi connectivity index (χ4n) is 0.760. The number of hydrogen-bond donors (Lipinski definition) is 1. The van der Waals surface area contributed by atoms with Crippen molar-refractivity contribution in [2.45, 2.75) is 0 Å². The van der Waals surface area contributed by atoms with E-state index in [2.05, 4.69) is 6.26 Å². The van der Waals surface area contributed by atoms with Gasteiger partial charge >= 0.3 is 0 Å². The molecule has 0 saturated heterocycles. The first kappa shape index (κ1) is 21.1. The summed E-state index contributed by atoms with van der Waals surface area (Å²) in [5, 5.41) is 13.9. The van der Waals surface area contributed by atoms with Gasteiger partial charge in [0.2, 0.25) is 0 Å². The molecule has 0 aliphatic rings. The van der Waals surface area contributed by atoms with Crippen LogP contribution in [0.5, 0.6) is 0 Å². The number of aliphatic hydroxyl groups is 1. The standard InChI is InChI=1S/C10H20O2S7/c1-13-5-16-8-17-7-15-4-10(12)19-9-18-6-14-3-2-11/h11H,2-9H2,1H3. The molecule has 0 radical (unpaired) electrons. The van der Waals surface area contributed by atoms with Crippen molar-refractivity contribution in [1.82, 2.24) is 0 Å². The molecule has 0 amide bonds. The van der Waals surface area contributed by atoms with E-state index in [1.54, 1.807) is 35.3 Å². The van der Waals surface area contributed by atoms with E-state index in [9.17, 15) is 4.79 Å². The first-order chi connectivity index (χ1) is 9.31. The van der Waals surface area contributed by atoms with Gasteiger partial charge in [0.05, 0.1) is 12.4 Å². The van der Waals surface area contributed by atoms with Crippen molar-refractivity contribution in [3.05, 3.63) is 0 Å². The van der Waals surface area contributed by atoms with Gasteiger partial charge in [-0.05, 0) is 6.26 Å². The van der Waals surface area contributed by atoms with Gasteiger partial charge in [0.25, 0.3) is 0 Å². The van der Waals surface area contributed by atoms with Gasteiger partial charge in [0, 0.05) is 31.2 Å². The maximum atomic E-state index is 11.5. The monoisotopic (exact) mass is 396 g/mol. The van der Waals surface area contributed by atoms with Crippen molar-refractivity contribution in [1.29, 1.82) is 0 Å².